The standard InChI is InChI=1S/C12H13F2N5/c13-12(14)3-4-19(11(7-12)1-2-11)9-6-15-8-5-16-18-10(8)17-9/h5-6H,1-4,7H2,(H,16,17,18). The van der Waals surface area contributed by atoms with Gasteiger partial charge in [0.1, 0.15) is 11.3 Å². The fourth-order valence-electron chi connectivity index (χ4n) is 2.98. The van der Waals surface area contributed by atoms with Crippen molar-refractivity contribution < 1.29 is 8.78 Å². The lowest BCUT2D eigenvalue weighted by atomic mass is 9.96. The van der Waals surface area contributed by atoms with Crippen LogP contribution in [-0.4, -0.2) is 38.2 Å². The van der Waals surface area contributed by atoms with Crippen molar-refractivity contribution in [2.45, 2.75) is 37.1 Å². The van der Waals surface area contributed by atoms with Gasteiger partial charge in [-0.1, -0.05) is 0 Å². The van der Waals surface area contributed by atoms with Gasteiger partial charge < -0.3 is 4.90 Å². The highest BCUT2D eigenvalue weighted by Gasteiger charge is 2.57. The number of aromatic amines is 1. The van der Waals surface area contributed by atoms with Gasteiger partial charge in [-0.3, -0.25) is 5.10 Å². The van der Waals surface area contributed by atoms with Crippen LogP contribution in [0.25, 0.3) is 11.2 Å². The SMILES string of the molecule is FC1(F)CCN(c2cnc3cn[nH]c3n2)C2(CC2)C1. The van der Waals surface area contributed by atoms with Crippen molar-refractivity contribution in [3.63, 3.8) is 0 Å². The van der Waals surface area contributed by atoms with Crippen LogP contribution < -0.4 is 4.90 Å². The molecule has 19 heavy (non-hydrogen) atoms. The lowest BCUT2D eigenvalue weighted by molar-refractivity contribution is -0.0375. The van der Waals surface area contributed by atoms with Crippen LogP contribution in [0.2, 0.25) is 0 Å². The third-order valence-corrected chi connectivity index (χ3v) is 4.11. The Morgan fingerprint density at radius 3 is 2.84 bits per heavy atom. The Morgan fingerprint density at radius 1 is 1.21 bits per heavy atom. The molecule has 2 aromatic rings. The largest absolute Gasteiger partial charge is 0.349 e. The lowest BCUT2D eigenvalue weighted by Crippen LogP contribution is -2.49. The first-order valence-electron chi connectivity index (χ1n) is 6.40. The maximum absolute atomic E-state index is 13.6. The quantitative estimate of drug-likeness (QED) is 0.858. The zero-order valence-electron chi connectivity index (χ0n) is 10.2. The molecular weight excluding hydrogens is 252 g/mol. The number of rotatable bonds is 1. The average molecular weight is 265 g/mol. The number of halogens is 2. The van der Waals surface area contributed by atoms with Crippen LogP contribution in [0.1, 0.15) is 25.7 Å². The minimum absolute atomic E-state index is 0.0668. The summed E-state index contributed by atoms with van der Waals surface area (Å²) in [5, 5.41) is 6.64. The van der Waals surface area contributed by atoms with E-state index in [0.717, 1.165) is 12.8 Å². The normalized spacial score (nSPS) is 24.0. The van der Waals surface area contributed by atoms with Gasteiger partial charge in [-0.25, -0.2) is 18.7 Å². The fraction of sp³-hybridized carbons (Fsp3) is 0.583. The number of fused-ring (bicyclic) bond motifs is 1. The van der Waals surface area contributed by atoms with Crippen LogP contribution in [0.15, 0.2) is 12.4 Å². The number of aromatic nitrogens is 4. The van der Waals surface area contributed by atoms with Crippen molar-refractivity contribution in [2.75, 3.05) is 11.4 Å². The monoisotopic (exact) mass is 265 g/mol. The minimum atomic E-state index is -2.54. The molecule has 2 fully saturated rings. The summed E-state index contributed by atoms with van der Waals surface area (Å²) in [5.74, 6) is -1.87. The molecule has 0 bridgehead atoms. The van der Waals surface area contributed by atoms with Gasteiger partial charge in [0.2, 0.25) is 0 Å². The first-order valence-corrected chi connectivity index (χ1v) is 6.40. The summed E-state index contributed by atoms with van der Waals surface area (Å²) in [7, 11) is 0. The summed E-state index contributed by atoms with van der Waals surface area (Å²) in [6, 6.07) is 0. The zero-order chi connectivity index (χ0) is 13.1. The number of alkyl halides is 2. The third kappa shape index (κ3) is 1.67. The van der Waals surface area contributed by atoms with Crippen LogP contribution in [0, 0.1) is 0 Å². The molecule has 0 atom stereocenters. The molecule has 0 amide bonds. The van der Waals surface area contributed by atoms with Gasteiger partial charge in [0.25, 0.3) is 5.92 Å². The fourth-order valence-corrected chi connectivity index (χ4v) is 2.98. The molecule has 1 N–H and O–H groups in total. The van der Waals surface area contributed by atoms with Crippen LogP contribution in [0.5, 0.6) is 0 Å². The van der Waals surface area contributed by atoms with E-state index in [1.54, 1.807) is 12.4 Å². The molecule has 1 aliphatic carbocycles. The van der Waals surface area contributed by atoms with E-state index < -0.39 is 11.5 Å². The van der Waals surface area contributed by atoms with E-state index in [2.05, 4.69) is 20.2 Å². The van der Waals surface area contributed by atoms with Crippen molar-refractivity contribution in [1.29, 1.82) is 0 Å². The van der Waals surface area contributed by atoms with Crippen molar-refractivity contribution in [2.24, 2.45) is 0 Å². The molecule has 3 heterocycles. The molecule has 1 saturated carbocycles. The lowest BCUT2D eigenvalue weighted by Gasteiger charge is -2.40. The summed E-state index contributed by atoms with van der Waals surface area (Å²) in [4.78, 5) is 10.7. The van der Waals surface area contributed by atoms with Gasteiger partial charge in [-0.15, -0.1) is 0 Å². The molecule has 1 aliphatic heterocycles. The smallest absolute Gasteiger partial charge is 0.252 e. The minimum Gasteiger partial charge on any atom is -0.349 e. The van der Waals surface area contributed by atoms with Gasteiger partial charge in [0, 0.05) is 24.9 Å². The van der Waals surface area contributed by atoms with Gasteiger partial charge in [-0.05, 0) is 12.8 Å². The highest BCUT2D eigenvalue weighted by atomic mass is 19.3. The zero-order valence-corrected chi connectivity index (χ0v) is 10.2. The maximum Gasteiger partial charge on any atom is 0.252 e. The average Bonchev–Trinajstić information content (AvgIpc) is 2.94. The Balaban J connectivity index is 1.72. The number of H-pyrrole nitrogens is 1. The molecule has 1 spiro atoms. The highest BCUT2D eigenvalue weighted by Crippen LogP contribution is 2.53. The van der Waals surface area contributed by atoms with Crippen LogP contribution in [0.4, 0.5) is 14.6 Å². The van der Waals surface area contributed by atoms with E-state index in [-0.39, 0.29) is 12.8 Å². The van der Waals surface area contributed by atoms with Crippen LogP contribution >= 0.6 is 0 Å². The van der Waals surface area contributed by atoms with Gasteiger partial charge in [0.15, 0.2) is 5.65 Å². The van der Waals surface area contributed by atoms with Gasteiger partial charge in [-0.2, -0.15) is 5.10 Å². The van der Waals surface area contributed by atoms with Crippen molar-refractivity contribution in [1.82, 2.24) is 20.2 Å². The number of piperidine rings is 1. The van der Waals surface area contributed by atoms with E-state index >= 15 is 0 Å². The Kier molecular flexibility index (Phi) is 1.98. The Hall–Kier alpha value is -1.79. The molecule has 2 aliphatic rings. The molecule has 0 aromatic carbocycles. The van der Waals surface area contributed by atoms with Crippen molar-refractivity contribution in [3.05, 3.63) is 12.4 Å². The van der Waals surface area contributed by atoms with Gasteiger partial charge in [0.05, 0.1) is 12.4 Å². The van der Waals surface area contributed by atoms with E-state index in [9.17, 15) is 8.78 Å². The molecule has 2 aromatic heterocycles. The molecule has 1 saturated heterocycles. The Morgan fingerprint density at radius 2 is 2.05 bits per heavy atom. The summed E-state index contributed by atoms with van der Waals surface area (Å²) >= 11 is 0. The van der Waals surface area contributed by atoms with Gasteiger partial charge >= 0.3 is 0 Å². The Labute approximate surface area is 108 Å². The predicted octanol–water partition coefficient (Wildman–Crippen LogP) is 2.12. The molecular formula is C12H13F2N5. The van der Waals surface area contributed by atoms with Crippen molar-refractivity contribution in [3.8, 4) is 0 Å². The summed E-state index contributed by atoms with van der Waals surface area (Å²) < 4.78 is 27.1. The van der Waals surface area contributed by atoms with Crippen molar-refractivity contribution >= 4 is 17.0 Å². The van der Waals surface area contributed by atoms with E-state index in [4.69, 9.17) is 0 Å². The second kappa shape index (κ2) is 3.40. The molecule has 0 radical (unpaired) electrons. The topological polar surface area (TPSA) is 57.7 Å². The second-order valence-corrected chi connectivity index (χ2v) is 5.49. The van der Waals surface area contributed by atoms with E-state index in [1.807, 2.05) is 4.90 Å². The van der Waals surface area contributed by atoms with Crippen LogP contribution in [0.3, 0.4) is 0 Å². The molecule has 100 valence electrons. The van der Waals surface area contributed by atoms with E-state index in [0.29, 0.717) is 23.5 Å². The molecule has 7 heteroatoms. The highest BCUT2D eigenvalue weighted by molar-refractivity contribution is 5.70. The molecule has 5 nitrogen and oxygen atoms in total. The number of nitrogens with zero attached hydrogens (tertiary/aromatic N) is 4. The molecule has 4 rings (SSSR count). The van der Waals surface area contributed by atoms with Crippen LogP contribution in [-0.2, 0) is 0 Å². The number of anilines is 1. The summed E-state index contributed by atoms with van der Waals surface area (Å²) in [5.41, 5.74) is 0.894. The summed E-state index contributed by atoms with van der Waals surface area (Å²) in [6.07, 6.45) is 4.70. The number of nitrogens with one attached hydrogen (secondary N) is 1. The van der Waals surface area contributed by atoms with E-state index in [1.165, 1.54) is 0 Å². The molecule has 0 unspecified atom stereocenters. The predicted molar refractivity (Wildman–Crippen MR) is 65.2 cm³/mol. The number of hydrogen-bond donors (Lipinski definition) is 1. The maximum atomic E-state index is 13.6. The third-order valence-electron chi connectivity index (χ3n) is 4.11. The Bertz CT molecular complexity index is 634. The first-order chi connectivity index (χ1) is 9.08. The second-order valence-electron chi connectivity index (χ2n) is 5.49. The summed E-state index contributed by atoms with van der Waals surface area (Å²) in [6.45, 7) is 0.335. The number of hydrogen-bond acceptors (Lipinski definition) is 4. The first kappa shape index (κ1) is 11.1.